The van der Waals surface area contributed by atoms with Crippen molar-refractivity contribution in [3.63, 3.8) is 0 Å². The number of fused-ring (bicyclic) bond motifs is 1. The molecule has 0 radical (unpaired) electrons. The third-order valence-corrected chi connectivity index (χ3v) is 5.17. The van der Waals surface area contributed by atoms with Gasteiger partial charge < -0.3 is 5.32 Å². The lowest BCUT2D eigenvalue weighted by Gasteiger charge is -2.38. The highest BCUT2D eigenvalue weighted by atomic mass is 19.4. The van der Waals surface area contributed by atoms with Crippen molar-refractivity contribution in [1.82, 2.24) is 10.2 Å². The maximum atomic E-state index is 13.6. The highest BCUT2D eigenvalue weighted by molar-refractivity contribution is 6.01. The number of hydrogen-bond acceptors (Lipinski definition) is 3. The Morgan fingerprint density at radius 3 is 2.48 bits per heavy atom. The Balaban J connectivity index is 2.01. The van der Waals surface area contributed by atoms with E-state index < -0.39 is 23.2 Å². The molecule has 4 rings (SSSR count). The van der Waals surface area contributed by atoms with E-state index in [4.69, 9.17) is 0 Å². The molecule has 0 saturated carbocycles. The van der Waals surface area contributed by atoms with E-state index in [1.807, 2.05) is 13.8 Å². The number of rotatable bonds is 1. The van der Waals surface area contributed by atoms with Crippen LogP contribution in [0.4, 0.5) is 19.0 Å². The predicted molar refractivity (Wildman–Crippen MR) is 93.4 cm³/mol. The Labute approximate surface area is 152 Å². The van der Waals surface area contributed by atoms with Gasteiger partial charge in [-0.25, -0.2) is 0 Å². The lowest BCUT2D eigenvalue weighted by atomic mass is 9.69. The summed E-state index contributed by atoms with van der Waals surface area (Å²) >= 11 is 0. The molecule has 0 fully saturated rings. The maximum Gasteiger partial charge on any atom is 0.416 e. The van der Waals surface area contributed by atoms with E-state index in [1.54, 1.807) is 0 Å². The topological polar surface area (TPSA) is 77.8 Å². The molecular formula is C19H18F3N3O2. The molecule has 8 heteroatoms. The Morgan fingerprint density at radius 1 is 1.07 bits per heavy atom. The number of carbonyl (C=O) groups excluding carboxylic acids is 1. The summed E-state index contributed by atoms with van der Waals surface area (Å²) in [4.78, 5) is 25.3. The average molecular weight is 377 g/mol. The van der Waals surface area contributed by atoms with Gasteiger partial charge in [-0.05, 0) is 23.5 Å². The van der Waals surface area contributed by atoms with Gasteiger partial charge in [0.1, 0.15) is 5.82 Å². The first kappa shape index (κ1) is 17.6. The van der Waals surface area contributed by atoms with Gasteiger partial charge in [-0.2, -0.15) is 13.2 Å². The lowest BCUT2D eigenvalue weighted by molar-refractivity contribution is -0.138. The molecule has 1 aromatic heterocycles. The second-order valence-corrected chi connectivity index (χ2v) is 7.84. The molecule has 1 atom stereocenters. The minimum Gasteiger partial charge on any atom is -0.343 e. The summed E-state index contributed by atoms with van der Waals surface area (Å²) in [5.41, 5.74) is -0.844. The number of aromatic nitrogens is 2. The van der Waals surface area contributed by atoms with Crippen LogP contribution in [0.5, 0.6) is 0 Å². The summed E-state index contributed by atoms with van der Waals surface area (Å²) < 4.78 is 40.9. The fourth-order valence-electron chi connectivity index (χ4n) is 4.14. The standard InChI is InChI=1S/C19H18F3N3O2/c1-18(2)7-11-14(12(26)8-18)13(15-16(23-11)24-25-17(15)27)9-5-3-4-6-10(9)19(20,21)22/h3-6,13H,7-8H2,1-2H3,(H3,23,24,25,27)/t13-/m1/s1. The van der Waals surface area contributed by atoms with Crippen LogP contribution in [0.1, 0.15) is 49.3 Å². The smallest absolute Gasteiger partial charge is 0.343 e. The zero-order chi connectivity index (χ0) is 19.6. The molecule has 1 aromatic carbocycles. The molecule has 1 aliphatic carbocycles. The molecule has 2 heterocycles. The minimum absolute atomic E-state index is 0.0848. The van der Waals surface area contributed by atoms with Crippen LogP contribution >= 0.6 is 0 Å². The van der Waals surface area contributed by atoms with E-state index in [2.05, 4.69) is 15.5 Å². The first-order valence-electron chi connectivity index (χ1n) is 8.58. The van der Waals surface area contributed by atoms with Crippen LogP contribution in [0.15, 0.2) is 40.3 Å². The van der Waals surface area contributed by atoms with Crippen LogP contribution in [0.2, 0.25) is 0 Å². The van der Waals surface area contributed by atoms with E-state index in [-0.39, 0.29) is 34.3 Å². The number of Topliss-reactive ketones (excluding diaryl/α,β-unsaturated/α-hetero) is 1. The molecule has 27 heavy (non-hydrogen) atoms. The maximum absolute atomic E-state index is 13.6. The number of carbonyl (C=O) groups is 1. The number of hydrogen-bond donors (Lipinski definition) is 3. The van der Waals surface area contributed by atoms with Crippen LogP contribution in [0.25, 0.3) is 0 Å². The number of ketones is 1. The van der Waals surface area contributed by atoms with Crippen LogP contribution in [0, 0.1) is 5.41 Å². The Bertz CT molecular complexity index is 1030. The second-order valence-electron chi connectivity index (χ2n) is 7.84. The summed E-state index contributed by atoms with van der Waals surface area (Å²) in [7, 11) is 0. The highest BCUT2D eigenvalue weighted by Crippen LogP contribution is 2.49. The minimum atomic E-state index is -4.59. The lowest BCUT2D eigenvalue weighted by Crippen LogP contribution is -2.35. The monoisotopic (exact) mass is 377 g/mol. The number of nitrogens with one attached hydrogen (secondary N) is 3. The fourth-order valence-corrected chi connectivity index (χ4v) is 4.14. The number of benzene rings is 1. The number of halogens is 3. The molecule has 5 nitrogen and oxygen atoms in total. The summed E-state index contributed by atoms with van der Waals surface area (Å²) in [6, 6.07) is 5.11. The van der Waals surface area contributed by atoms with Crippen molar-refractivity contribution in [3.05, 3.63) is 62.6 Å². The molecule has 0 amide bonds. The van der Waals surface area contributed by atoms with E-state index in [1.165, 1.54) is 18.2 Å². The molecule has 2 aliphatic rings. The average Bonchev–Trinajstić information content (AvgIpc) is 2.92. The summed E-state index contributed by atoms with van der Waals surface area (Å²) in [6.07, 6.45) is -3.87. The third kappa shape index (κ3) is 2.79. The Hall–Kier alpha value is -2.77. The van der Waals surface area contributed by atoms with Crippen molar-refractivity contribution >= 4 is 11.6 Å². The van der Waals surface area contributed by atoms with E-state index in [0.717, 1.165) is 6.07 Å². The van der Waals surface area contributed by atoms with E-state index >= 15 is 0 Å². The summed E-state index contributed by atoms with van der Waals surface area (Å²) in [5.74, 6) is -0.985. The van der Waals surface area contributed by atoms with Crippen molar-refractivity contribution in [2.75, 3.05) is 5.32 Å². The molecule has 0 saturated heterocycles. The molecule has 1 aliphatic heterocycles. The molecule has 3 N–H and O–H groups in total. The van der Waals surface area contributed by atoms with Gasteiger partial charge in [0.2, 0.25) is 0 Å². The van der Waals surface area contributed by atoms with Gasteiger partial charge >= 0.3 is 6.18 Å². The molecule has 142 valence electrons. The van der Waals surface area contributed by atoms with Crippen molar-refractivity contribution in [3.8, 4) is 0 Å². The quantitative estimate of drug-likeness (QED) is 0.705. The Kier molecular flexibility index (Phi) is 3.66. The number of anilines is 1. The number of aromatic amines is 2. The molecule has 2 aromatic rings. The van der Waals surface area contributed by atoms with Crippen molar-refractivity contribution in [2.45, 2.75) is 38.8 Å². The zero-order valence-electron chi connectivity index (χ0n) is 14.8. The first-order chi connectivity index (χ1) is 12.6. The van der Waals surface area contributed by atoms with Gasteiger partial charge in [-0.15, -0.1) is 0 Å². The molecule has 0 spiro atoms. The summed E-state index contributed by atoms with van der Waals surface area (Å²) in [5, 5.41) is 8.16. The van der Waals surface area contributed by atoms with E-state index in [9.17, 15) is 22.8 Å². The van der Waals surface area contributed by atoms with Crippen molar-refractivity contribution < 1.29 is 18.0 Å². The molecular weight excluding hydrogens is 359 g/mol. The van der Waals surface area contributed by atoms with Crippen molar-refractivity contribution in [1.29, 1.82) is 0 Å². The second kappa shape index (κ2) is 5.61. The van der Waals surface area contributed by atoms with Gasteiger partial charge in [-0.3, -0.25) is 19.8 Å². The van der Waals surface area contributed by atoms with Gasteiger partial charge in [-0.1, -0.05) is 32.0 Å². The van der Waals surface area contributed by atoms with Crippen LogP contribution in [-0.2, 0) is 11.0 Å². The highest BCUT2D eigenvalue weighted by Gasteiger charge is 2.45. The van der Waals surface area contributed by atoms with E-state index in [0.29, 0.717) is 17.9 Å². The summed E-state index contributed by atoms with van der Waals surface area (Å²) in [6.45, 7) is 3.87. The molecule has 0 bridgehead atoms. The van der Waals surface area contributed by atoms with Crippen LogP contribution in [0.3, 0.4) is 0 Å². The van der Waals surface area contributed by atoms with Gasteiger partial charge in [0, 0.05) is 23.6 Å². The zero-order valence-corrected chi connectivity index (χ0v) is 14.8. The third-order valence-electron chi connectivity index (χ3n) is 5.17. The van der Waals surface area contributed by atoms with Gasteiger partial charge in [0.15, 0.2) is 5.78 Å². The predicted octanol–water partition coefficient (Wildman–Crippen LogP) is 3.92. The van der Waals surface area contributed by atoms with Crippen LogP contribution < -0.4 is 10.9 Å². The van der Waals surface area contributed by atoms with Gasteiger partial charge in [0.25, 0.3) is 5.56 Å². The largest absolute Gasteiger partial charge is 0.416 e. The van der Waals surface area contributed by atoms with Gasteiger partial charge in [0.05, 0.1) is 11.1 Å². The SMILES string of the molecule is CC1(C)CC(=O)C2=C(C1)Nc1[nH][nH]c(=O)c1[C@@H]2c1ccccc1C(F)(F)F. The van der Waals surface area contributed by atoms with Crippen LogP contribution in [-0.4, -0.2) is 16.0 Å². The molecule has 0 unspecified atom stereocenters. The first-order valence-corrected chi connectivity index (χ1v) is 8.58. The normalized spacial score (nSPS) is 21.5. The Morgan fingerprint density at radius 2 is 1.78 bits per heavy atom. The number of allylic oxidation sites excluding steroid dienone is 2. The fraction of sp³-hybridized carbons (Fsp3) is 0.368. The number of alkyl halides is 3. The van der Waals surface area contributed by atoms with Crippen molar-refractivity contribution in [2.24, 2.45) is 5.41 Å². The number of H-pyrrole nitrogens is 2.